The van der Waals surface area contributed by atoms with Crippen LogP contribution < -0.4 is 5.73 Å². The van der Waals surface area contributed by atoms with Gasteiger partial charge >= 0.3 is 0 Å². The fraction of sp³-hybridized carbons (Fsp3) is 0.385. The Morgan fingerprint density at radius 3 is 2.89 bits per heavy atom. The van der Waals surface area contributed by atoms with Gasteiger partial charge in [-0.1, -0.05) is 11.6 Å². The Bertz CT molecular complexity index is 582. The van der Waals surface area contributed by atoms with E-state index in [0.29, 0.717) is 11.4 Å². The van der Waals surface area contributed by atoms with Crippen LogP contribution in [0.5, 0.6) is 0 Å². The Labute approximate surface area is 126 Å². The lowest BCUT2D eigenvalue weighted by Gasteiger charge is -2.13. The van der Waals surface area contributed by atoms with Crippen molar-refractivity contribution < 1.29 is 0 Å². The van der Waals surface area contributed by atoms with Crippen molar-refractivity contribution in [2.24, 2.45) is 5.73 Å². The van der Waals surface area contributed by atoms with Crippen molar-refractivity contribution in [3.63, 3.8) is 0 Å². The molecule has 19 heavy (non-hydrogen) atoms. The number of aromatic nitrogens is 3. The highest BCUT2D eigenvalue weighted by atomic mass is 79.9. The van der Waals surface area contributed by atoms with Crippen LogP contribution in [0.3, 0.4) is 0 Å². The first-order valence-corrected chi connectivity index (χ1v) is 7.29. The van der Waals surface area contributed by atoms with E-state index in [2.05, 4.69) is 26.0 Å². The molecule has 0 saturated heterocycles. The zero-order valence-electron chi connectivity index (χ0n) is 10.9. The molecule has 0 spiro atoms. The molecule has 0 aliphatic carbocycles. The lowest BCUT2D eigenvalue weighted by atomic mass is 10.1. The van der Waals surface area contributed by atoms with Gasteiger partial charge < -0.3 is 5.73 Å². The Morgan fingerprint density at radius 1 is 1.53 bits per heavy atom. The van der Waals surface area contributed by atoms with Crippen LogP contribution in [0.2, 0.25) is 5.02 Å². The molecule has 1 atom stereocenters. The lowest BCUT2D eigenvalue weighted by Crippen LogP contribution is -2.18. The molecule has 2 aromatic heterocycles. The molecule has 0 aliphatic rings. The quantitative estimate of drug-likeness (QED) is 0.927. The van der Waals surface area contributed by atoms with Gasteiger partial charge in [0.2, 0.25) is 0 Å². The summed E-state index contributed by atoms with van der Waals surface area (Å²) >= 11 is 9.76. The maximum absolute atomic E-state index is 6.29. The summed E-state index contributed by atoms with van der Waals surface area (Å²) in [5, 5.41) is 5.09. The highest BCUT2D eigenvalue weighted by Gasteiger charge is 2.18. The first-order chi connectivity index (χ1) is 9.04. The minimum Gasteiger partial charge on any atom is -0.322 e. The molecule has 2 heterocycles. The van der Waals surface area contributed by atoms with E-state index < -0.39 is 0 Å². The lowest BCUT2D eigenvalue weighted by molar-refractivity contribution is 0.581. The predicted octanol–water partition coefficient (Wildman–Crippen LogP) is 3.26. The van der Waals surface area contributed by atoms with Gasteiger partial charge in [0.15, 0.2) is 0 Å². The molecule has 6 heteroatoms. The van der Waals surface area contributed by atoms with Gasteiger partial charge in [-0.3, -0.25) is 9.67 Å². The van der Waals surface area contributed by atoms with Gasteiger partial charge in [0.25, 0.3) is 0 Å². The molecular weight excluding hydrogens is 328 g/mol. The minimum atomic E-state index is -0.213. The van der Waals surface area contributed by atoms with E-state index in [1.807, 2.05) is 30.7 Å². The third-order valence-corrected chi connectivity index (χ3v) is 4.17. The molecule has 0 amide bonds. The number of aryl methyl sites for hydroxylation is 2. The topological polar surface area (TPSA) is 56.7 Å². The van der Waals surface area contributed by atoms with Crippen LogP contribution in [0.1, 0.15) is 30.0 Å². The van der Waals surface area contributed by atoms with Gasteiger partial charge in [-0.15, -0.1) is 0 Å². The van der Waals surface area contributed by atoms with Gasteiger partial charge in [-0.05, 0) is 41.9 Å². The number of hydrogen-bond acceptors (Lipinski definition) is 3. The van der Waals surface area contributed by atoms with E-state index in [1.165, 1.54) is 0 Å². The number of hydrogen-bond donors (Lipinski definition) is 1. The first kappa shape index (κ1) is 14.5. The summed E-state index contributed by atoms with van der Waals surface area (Å²) in [6, 6.07) is 3.59. The molecule has 0 saturated carbocycles. The molecule has 0 radical (unpaired) electrons. The summed E-state index contributed by atoms with van der Waals surface area (Å²) in [7, 11) is 0. The molecule has 0 bridgehead atoms. The fourth-order valence-corrected chi connectivity index (χ4v) is 2.80. The third-order valence-electron chi connectivity index (χ3n) is 3.00. The maximum Gasteiger partial charge on any atom is 0.0847 e. The van der Waals surface area contributed by atoms with Crippen molar-refractivity contribution in [2.45, 2.75) is 32.9 Å². The van der Waals surface area contributed by atoms with Crippen LogP contribution in [0.15, 0.2) is 22.8 Å². The molecule has 1 unspecified atom stereocenters. The van der Waals surface area contributed by atoms with Crippen molar-refractivity contribution in [2.75, 3.05) is 0 Å². The fourth-order valence-electron chi connectivity index (χ4n) is 2.04. The van der Waals surface area contributed by atoms with Crippen molar-refractivity contribution in [1.82, 2.24) is 14.8 Å². The highest BCUT2D eigenvalue weighted by molar-refractivity contribution is 9.10. The summed E-state index contributed by atoms with van der Waals surface area (Å²) in [6.07, 6.45) is 2.35. The zero-order chi connectivity index (χ0) is 14.0. The second-order valence-corrected chi connectivity index (χ2v) is 5.58. The van der Waals surface area contributed by atoms with Crippen LogP contribution in [0.25, 0.3) is 0 Å². The van der Waals surface area contributed by atoms with Crippen LogP contribution in [-0.2, 0) is 13.0 Å². The molecule has 2 aromatic rings. The van der Waals surface area contributed by atoms with E-state index in [9.17, 15) is 0 Å². The van der Waals surface area contributed by atoms with Crippen molar-refractivity contribution in [3.05, 3.63) is 44.9 Å². The summed E-state index contributed by atoms with van der Waals surface area (Å²) in [5.41, 5.74) is 8.87. The molecule has 2 rings (SSSR count). The molecule has 0 fully saturated rings. The van der Waals surface area contributed by atoms with Gasteiger partial charge in [-0.2, -0.15) is 5.10 Å². The van der Waals surface area contributed by atoms with E-state index in [0.717, 1.165) is 28.1 Å². The normalized spacial score (nSPS) is 12.7. The van der Waals surface area contributed by atoms with E-state index in [-0.39, 0.29) is 6.04 Å². The summed E-state index contributed by atoms with van der Waals surface area (Å²) in [5.74, 6) is 0. The molecule has 0 aliphatic heterocycles. The highest BCUT2D eigenvalue weighted by Crippen LogP contribution is 2.27. The SMILES string of the molecule is CCn1nc(C)c(Cl)c1CC(N)c1ncccc1Br. The molecule has 0 aromatic carbocycles. The Balaban J connectivity index is 2.29. The average Bonchev–Trinajstić information content (AvgIpc) is 2.67. The first-order valence-electron chi connectivity index (χ1n) is 6.12. The Kier molecular flexibility index (Phi) is 4.60. The number of nitrogens with two attached hydrogens (primary N) is 1. The van der Waals surface area contributed by atoms with Crippen LogP contribution in [-0.4, -0.2) is 14.8 Å². The second kappa shape index (κ2) is 6.03. The van der Waals surface area contributed by atoms with Gasteiger partial charge in [-0.25, -0.2) is 0 Å². The van der Waals surface area contributed by atoms with E-state index in [4.69, 9.17) is 17.3 Å². The van der Waals surface area contributed by atoms with Crippen LogP contribution in [0, 0.1) is 6.92 Å². The number of rotatable bonds is 4. The maximum atomic E-state index is 6.29. The van der Waals surface area contributed by atoms with Crippen LogP contribution in [0.4, 0.5) is 0 Å². The molecule has 4 nitrogen and oxygen atoms in total. The zero-order valence-corrected chi connectivity index (χ0v) is 13.2. The predicted molar refractivity (Wildman–Crippen MR) is 80.2 cm³/mol. The monoisotopic (exact) mass is 342 g/mol. The summed E-state index contributed by atoms with van der Waals surface area (Å²) in [6.45, 7) is 4.72. The Hall–Kier alpha value is -0.910. The molecule has 2 N–H and O–H groups in total. The smallest absolute Gasteiger partial charge is 0.0847 e. The second-order valence-electron chi connectivity index (χ2n) is 4.34. The third kappa shape index (κ3) is 2.99. The average molecular weight is 344 g/mol. The summed E-state index contributed by atoms with van der Waals surface area (Å²) < 4.78 is 2.81. The van der Waals surface area contributed by atoms with E-state index >= 15 is 0 Å². The summed E-state index contributed by atoms with van der Waals surface area (Å²) in [4.78, 5) is 4.32. The van der Waals surface area contributed by atoms with Crippen LogP contribution >= 0.6 is 27.5 Å². The van der Waals surface area contributed by atoms with E-state index in [1.54, 1.807) is 6.20 Å². The minimum absolute atomic E-state index is 0.213. The molecular formula is C13H16BrClN4. The van der Waals surface area contributed by atoms with Gasteiger partial charge in [0.05, 0.1) is 28.1 Å². The number of halogens is 2. The van der Waals surface area contributed by atoms with Gasteiger partial charge in [0, 0.05) is 23.6 Å². The number of pyridine rings is 1. The number of nitrogens with zero attached hydrogens (tertiary/aromatic N) is 3. The van der Waals surface area contributed by atoms with Crippen molar-refractivity contribution in [1.29, 1.82) is 0 Å². The Morgan fingerprint density at radius 2 is 2.26 bits per heavy atom. The molecule has 102 valence electrons. The largest absolute Gasteiger partial charge is 0.322 e. The van der Waals surface area contributed by atoms with Crippen molar-refractivity contribution >= 4 is 27.5 Å². The van der Waals surface area contributed by atoms with Gasteiger partial charge in [0.1, 0.15) is 0 Å². The standard InChI is InChI=1S/C13H16BrClN4/c1-3-19-11(12(15)8(2)18-19)7-10(16)13-9(14)5-4-6-17-13/h4-6,10H,3,7,16H2,1-2H3. The van der Waals surface area contributed by atoms with Crippen molar-refractivity contribution in [3.8, 4) is 0 Å².